The number of allylic oxidation sites excluding steroid dienone is 2. The molecule has 0 bridgehead atoms. The predicted molar refractivity (Wildman–Crippen MR) is 57.0 cm³/mol. The van der Waals surface area contributed by atoms with E-state index in [9.17, 15) is 4.79 Å². The van der Waals surface area contributed by atoms with E-state index in [0.717, 1.165) is 6.42 Å². The van der Waals surface area contributed by atoms with Crippen molar-refractivity contribution >= 4 is 5.97 Å². The van der Waals surface area contributed by atoms with Crippen LogP contribution in [-0.2, 0) is 9.53 Å². The monoisotopic (exact) mass is 196 g/mol. The van der Waals surface area contributed by atoms with E-state index in [1.165, 1.54) is 32.1 Å². The highest BCUT2D eigenvalue weighted by molar-refractivity contribution is 5.69. The summed E-state index contributed by atoms with van der Waals surface area (Å²) in [5, 5.41) is 0. The van der Waals surface area contributed by atoms with Crippen molar-refractivity contribution < 1.29 is 9.53 Å². The molecule has 2 heteroatoms. The van der Waals surface area contributed by atoms with E-state index >= 15 is 0 Å². The summed E-state index contributed by atoms with van der Waals surface area (Å²) in [7, 11) is 0. The molecule has 1 rings (SSSR count). The molecule has 0 heterocycles. The van der Waals surface area contributed by atoms with E-state index in [4.69, 9.17) is 4.74 Å². The van der Waals surface area contributed by atoms with Gasteiger partial charge in [0.25, 0.3) is 0 Å². The normalized spacial score (nSPS) is 16.5. The molecule has 0 aromatic heterocycles. The fourth-order valence-electron chi connectivity index (χ4n) is 1.84. The molecule has 0 unspecified atom stereocenters. The van der Waals surface area contributed by atoms with E-state index < -0.39 is 0 Å². The maximum Gasteiger partial charge on any atom is 0.306 e. The molecule has 2 nitrogen and oxygen atoms in total. The lowest BCUT2D eigenvalue weighted by molar-refractivity contribution is -0.142. The van der Waals surface area contributed by atoms with Gasteiger partial charge < -0.3 is 4.74 Å². The third-order valence-corrected chi connectivity index (χ3v) is 2.58. The first-order valence-electron chi connectivity index (χ1n) is 5.66. The number of hydrogen-bond donors (Lipinski definition) is 0. The smallest absolute Gasteiger partial charge is 0.306 e. The number of carbonyl (C=O) groups excluding carboxylic acids is 1. The van der Waals surface area contributed by atoms with Crippen LogP contribution in [0.3, 0.4) is 0 Å². The van der Waals surface area contributed by atoms with Crippen LogP contribution < -0.4 is 0 Å². The molecule has 0 saturated heterocycles. The zero-order valence-electron chi connectivity index (χ0n) is 9.05. The van der Waals surface area contributed by atoms with Crippen LogP contribution in [0.15, 0.2) is 11.6 Å². The summed E-state index contributed by atoms with van der Waals surface area (Å²) in [6.45, 7) is 2.34. The highest BCUT2D eigenvalue weighted by atomic mass is 16.5. The first kappa shape index (κ1) is 11.3. The lowest BCUT2D eigenvalue weighted by Gasteiger charge is -2.13. The van der Waals surface area contributed by atoms with Crippen molar-refractivity contribution in [3.63, 3.8) is 0 Å². The van der Waals surface area contributed by atoms with Crippen LogP contribution in [0.2, 0.25) is 0 Å². The Hall–Kier alpha value is -0.790. The molecule has 0 radical (unpaired) electrons. The van der Waals surface area contributed by atoms with Gasteiger partial charge in [0.2, 0.25) is 0 Å². The van der Waals surface area contributed by atoms with E-state index in [0.29, 0.717) is 13.0 Å². The summed E-state index contributed by atoms with van der Waals surface area (Å²) in [4.78, 5) is 11.0. The third kappa shape index (κ3) is 4.45. The summed E-state index contributed by atoms with van der Waals surface area (Å²) in [6, 6.07) is 0. The SMILES string of the molecule is CCOC(=O)CCC=C1CCCCC1. The summed E-state index contributed by atoms with van der Waals surface area (Å²) < 4.78 is 4.86. The molecule has 0 N–H and O–H groups in total. The van der Waals surface area contributed by atoms with Crippen LogP contribution in [0.25, 0.3) is 0 Å². The zero-order chi connectivity index (χ0) is 10.2. The predicted octanol–water partition coefficient (Wildman–Crippen LogP) is 3.22. The van der Waals surface area contributed by atoms with Gasteiger partial charge in [0.1, 0.15) is 0 Å². The fourth-order valence-corrected chi connectivity index (χ4v) is 1.84. The van der Waals surface area contributed by atoms with Gasteiger partial charge in [0.05, 0.1) is 6.61 Å². The lowest BCUT2D eigenvalue weighted by atomic mass is 9.94. The van der Waals surface area contributed by atoms with Gasteiger partial charge in [-0.2, -0.15) is 0 Å². The van der Waals surface area contributed by atoms with Gasteiger partial charge in [-0.1, -0.05) is 18.1 Å². The molecule has 0 aliphatic heterocycles. The molecular formula is C12H20O2. The van der Waals surface area contributed by atoms with Gasteiger partial charge in [0, 0.05) is 6.42 Å². The van der Waals surface area contributed by atoms with Crippen molar-refractivity contribution in [3.8, 4) is 0 Å². The summed E-state index contributed by atoms with van der Waals surface area (Å²) in [5.74, 6) is -0.0693. The third-order valence-electron chi connectivity index (χ3n) is 2.58. The molecule has 0 spiro atoms. The van der Waals surface area contributed by atoms with E-state index in [-0.39, 0.29) is 5.97 Å². The molecule has 0 aromatic rings. The quantitative estimate of drug-likeness (QED) is 0.509. The van der Waals surface area contributed by atoms with Crippen LogP contribution in [0.1, 0.15) is 51.9 Å². The van der Waals surface area contributed by atoms with Gasteiger partial charge in [-0.05, 0) is 39.0 Å². The highest BCUT2D eigenvalue weighted by Gasteiger charge is 2.05. The maximum absolute atomic E-state index is 11.0. The van der Waals surface area contributed by atoms with Crippen molar-refractivity contribution in [1.82, 2.24) is 0 Å². The molecule has 0 amide bonds. The molecule has 1 aliphatic carbocycles. The van der Waals surface area contributed by atoms with Gasteiger partial charge >= 0.3 is 5.97 Å². The van der Waals surface area contributed by atoms with Crippen molar-refractivity contribution in [2.45, 2.75) is 51.9 Å². The Kier molecular flexibility index (Phi) is 5.35. The number of carbonyl (C=O) groups is 1. The molecule has 80 valence electrons. The van der Waals surface area contributed by atoms with Gasteiger partial charge in [-0.15, -0.1) is 0 Å². The largest absolute Gasteiger partial charge is 0.466 e. The van der Waals surface area contributed by atoms with Gasteiger partial charge in [-0.3, -0.25) is 4.79 Å². The Morgan fingerprint density at radius 2 is 2.07 bits per heavy atom. The number of rotatable bonds is 4. The minimum absolute atomic E-state index is 0.0693. The Morgan fingerprint density at radius 3 is 2.71 bits per heavy atom. The van der Waals surface area contributed by atoms with Crippen molar-refractivity contribution in [2.24, 2.45) is 0 Å². The first-order valence-corrected chi connectivity index (χ1v) is 5.66. The molecular weight excluding hydrogens is 176 g/mol. The van der Waals surface area contributed by atoms with Crippen molar-refractivity contribution in [2.75, 3.05) is 6.61 Å². The zero-order valence-corrected chi connectivity index (χ0v) is 9.05. The van der Waals surface area contributed by atoms with Gasteiger partial charge in [0.15, 0.2) is 0 Å². The van der Waals surface area contributed by atoms with E-state index in [2.05, 4.69) is 6.08 Å². The number of esters is 1. The van der Waals surface area contributed by atoms with Crippen LogP contribution in [0.5, 0.6) is 0 Å². The molecule has 1 fully saturated rings. The highest BCUT2D eigenvalue weighted by Crippen LogP contribution is 2.23. The average Bonchev–Trinajstić information content (AvgIpc) is 2.20. The van der Waals surface area contributed by atoms with Crippen LogP contribution in [0.4, 0.5) is 0 Å². The summed E-state index contributed by atoms with van der Waals surface area (Å²) in [5.41, 5.74) is 1.54. The summed E-state index contributed by atoms with van der Waals surface area (Å²) >= 11 is 0. The first-order chi connectivity index (χ1) is 6.83. The van der Waals surface area contributed by atoms with Crippen molar-refractivity contribution in [3.05, 3.63) is 11.6 Å². The lowest BCUT2D eigenvalue weighted by Crippen LogP contribution is -2.03. The fraction of sp³-hybridized carbons (Fsp3) is 0.750. The second-order valence-corrected chi connectivity index (χ2v) is 3.77. The topological polar surface area (TPSA) is 26.3 Å². The molecule has 1 saturated carbocycles. The van der Waals surface area contributed by atoms with Crippen LogP contribution in [-0.4, -0.2) is 12.6 Å². The Labute approximate surface area is 86.3 Å². The minimum atomic E-state index is -0.0693. The average molecular weight is 196 g/mol. The molecule has 0 aromatic carbocycles. The van der Waals surface area contributed by atoms with Gasteiger partial charge in [-0.25, -0.2) is 0 Å². The minimum Gasteiger partial charge on any atom is -0.466 e. The van der Waals surface area contributed by atoms with Crippen LogP contribution in [0, 0.1) is 0 Å². The molecule has 1 aliphatic rings. The molecule has 0 atom stereocenters. The number of hydrogen-bond acceptors (Lipinski definition) is 2. The van der Waals surface area contributed by atoms with Crippen molar-refractivity contribution in [1.29, 1.82) is 0 Å². The molecule has 14 heavy (non-hydrogen) atoms. The second-order valence-electron chi connectivity index (χ2n) is 3.77. The Bertz CT molecular complexity index is 198. The maximum atomic E-state index is 11.0. The van der Waals surface area contributed by atoms with Crippen LogP contribution >= 0.6 is 0 Å². The Morgan fingerprint density at radius 1 is 1.36 bits per heavy atom. The van der Waals surface area contributed by atoms with E-state index in [1.807, 2.05) is 6.92 Å². The summed E-state index contributed by atoms with van der Waals surface area (Å²) in [6.07, 6.45) is 10.1. The standard InChI is InChI=1S/C12H20O2/c1-2-14-12(13)10-6-9-11-7-4-3-5-8-11/h9H,2-8,10H2,1H3. The second kappa shape index (κ2) is 6.63. The Balaban J connectivity index is 2.15. The number of ether oxygens (including phenoxy) is 1. The van der Waals surface area contributed by atoms with E-state index in [1.54, 1.807) is 5.57 Å².